The predicted molar refractivity (Wildman–Crippen MR) is 43.4 cm³/mol. The third kappa shape index (κ3) is 1.80. The average molecular weight is 364 g/mol. The summed E-state index contributed by atoms with van der Waals surface area (Å²) in [6.07, 6.45) is 0.937. The van der Waals surface area contributed by atoms with Crippen LogP contribution in [0.5, 0.6) is 0 Å². The number of rotatable bonds is 2. The van der Waals surface area contributed by atoms with Gasteiger partial charge in [-0.25, -0.2) is 0 Å². The number of hydrogen-bond acceptors (Lipinski definition) is 2. The molecule has 0 amide bonds. The van der Waals surface area contributed by atoms with Gasteiger partial charge in [-0.3, -0.25) is 0 Å². The Kier molecular flexibility index (Phi) is 3.34. The van der Waals surface area contributed by atoms with Crippen LogP contribution in [0.2, 0.25) is 0 Å². The molecule has 0 aromatic carbocycles. The van der Waals surface area contributed by atoms with Crippen LogP contribution in [0.15, 0.2) is 0 Å². The Bertz CT molecular complexity index is 221. The van der Waals surface area contributed by atoms with Crippen LogP contribution in [0.4, 0.5) is 0 Å². The van der Waals surface area contributed by atoms with Gasteiger partial charge in [-0.15, -0.1) is 0 Å². The molecule has 0 bridgehead atoms. The van der Waals surface area contributed by atoms with Crippen molar-refractivity contribution in [1.82, 2.24) is 13.0 Å². The maximum absolute atomic E-state index is 4.29. The fourth-order valence-electron chi connectivity index (χ4n) is 0.570. The maximum atomic E-state index is 4.29. The summed E-state index contributed by atoms with van der Waals surface area (Å²) < 4.78 is 3.04. The molecule has 58 valence electrons. The Balaban J connectivity index is 2.92. The van der Waals surface area contributed by atoms with Crippen LogP contribution in [0, 0.1) is 3.83 Å². The van der Waals surface area contributed by atoms with Crippen LogP contribution in [0.1, 0.15) is 12.7 Å². The van der Waals surface area contributed by atoms with Crippen molar-refractivity contribution in [2.75, 3.05) is 4.93 Å². The zero-order chi connectivity index (χ0) is 7.56. The Morgan fingerprint density at radius 3 is 2.70 bits per heavy atom. The summed E-state index contributed by atoms with van der Waals surface area (Å²) in [6, 6.07) is 0. The second kappa shape index (κ2) is 3.84. The molecule has 3 nitrogen and oxygen atoms in total. The second-order valence-corrected chi connectivity index (χ2v) is 4.52. The third-order valence-corrected chi connectivity index (χ3v) is 4.26. The standard InChI is InChI=1S/C5H8I2N3/c1-3-4-8-5(6)10(7-2)9-4/h3H2,1-2H3/q-1. The first-order chi connectivity index (χ1) is 4.77. The average Bonchev–Trinajstić information content (AvgIpc) is 2.30. The van der Waals surface area contributed by atoms with Gasteiger partial charge in [0.1, 0.15) is 0 Å². The number of aromatic nitrogens is 3. The summed E-state index contributed by atoms with van der Waals surface area (Å²) in [6.45, 7) is 2.07. The molecule has 0 unspecified atom stereocenters. The normalized spacial score (nSPS) is 10.7. The summed E-state index contributed by atoms with van der Waals surface area (Å²) >= 11 is 2.26. The number of hydrogen-bond donors (Lipinski definition) is 0. The molecule has 1 heterocycles. The molecule has 0 atom stereocenters. The van der Waals surface area contributed by atoms with Crippen molar-refractivity contribution in [2.24, 2.45) is 0 Å². The van der Waals surface area contributed by atoms with E-state index in [1.54, 1.807) is 0 Å². The van der Waals surface area contributed by atoms with Gasteiger partial charge in [-0.2, -0.15) is 0 Å². The van der Waals surface area contributed by atoms with Gasteiger partial charge in [0.2, 0.25) is 0 Å². The first-order valence-corrected chi connectivity index (χ1v) is 7.09. The predicted octanol–water partition coefficient (Wildman–Crippen LogP) is -2.07. The molecule has 1 rings (SSSR count). The minimum atomic E-state index is 0.0379. The van der Waals surface area contributed by atoms with E-state index < -0.39 is 0 Å². The Morgan fingerprint density at radius 1 is 1.70 bits per heavy atom. The minimum absolute atomic E-state index is 0.0379. The van der Waals surface area contributed by atoms with Gasteiger partial charge in [-0.05, 0) is 0 Å². The van der Waals surface area contributed by atoms with Crippen molar-refractivity contribution in [2.45, 2.75) is 13.3 Å². The summed E-state index contributed by atoms with van der Waals surface area (Å²) in [5.41, 5.74) is 0. The summed E-state index contributed by atoms with van der Waals surface area (Å²) in [5, 5.41) is 4.29. The number of alkyl halides is 1. The molecule has 0 N–H and O–H groups in total. The van der Waals surface area contributed by atoms with Crippen molar-refractivity contribution in [3.8, 4) is 0 Å². The second-order valence-electron chi connectivity index (χ2n) is 1.68. The first kappa shape index (κ1) is 8.69. The van der Waals surface area contributed by atoms with E-state index in [0.717, 1.165) is 16.1 Å². The van der Waals surface area contributed by atoms with Crippen molar-refractivity contribution in [3.63, 3.8) is 0 Å². The molecule has 0 spiro atoms. The van der Waals surface area contributed by atoms with Crippen molar-refractivity contribution >= 4 is 22.6 Å². The van der Waals surface area contributed by atoms with Crippen molar-refractivity contribution in [3.05, 3.63) is 9.66 Å². The van der Waals surface area contributed by atoms with E-state index >= 15 is 0 Å². The van der Waals surface area contributed by atoms with E-state index in [2.05, 4.69) is 44.5 Å². The summed E-state index contributed by atoms with van der Waals surface area (Å²) in [5.74, 6) is 0.964. The first-order valence-electron chi connectivity index (χ1n) is 2.89. The van der Waals surface area contributed by atoms with Gasteiger partial charge < -0.3 is 0 Å². The van der Waals surface area contributed by atoms with Gasteiger partial charge >= 0.3 is 85.0 Å². The molecule has 0 aliphatic carbocycles. The summed E-state index contributed by atoms with van der Waals surface area (Å²) in [4.78, 5) is 6.44. The molecular formula is C5H8I2N3-. The molecule has 0 fully saturated rings. The van der Waals surface area contributed by atoms with Crippen LogP contribution in [0.3, 0.4) is 0 Å². The van der Waals surface area contributed by atoms with Gasteiger partial charge in [0.25, 0.3) is 0 Å². The van der Waals surface area contributed by atoms with Gasteiger partial charge in [-0.1, -0.05) is 0 Å². The van der Waals surface area contributed by atoms with E-state index in [-0.39, 0.29) is 21.5 Å². The Morgan fingerprint density at radius 2 is 2.40 bits per heavy atom. The van der Waals surface area contributed by atoms with E-state index in [0.29, 0.717) is 0 Å². The van der Waals surface area contributed by atoms with Crippen molar-refractivity contribution < 1.29 is 21.5 Å². The van der Waals surface area contributed by atoms with Crippen LogP contribution in [0.25, 0.3) is 0 Å². The summed E-state index contributed by atoms with van der Waals surface area (Å²) in [7, 11) is 0. The molecule has 0 radical (unpaired) electrons. The SMILES string of the molecule is CCc1nc(I)n([I-]C)n1. The molecular weight excluding hydrogens is 356 g/mol. The Labute approximate surface area is 84.4 Å². The zero-order valence-corrected chi connectivity index (χ0v) is 10.1. The van der Waals surface area contributed by atoms with E-state index in [1.807, 2.05) is 2.90 Å². The monoisotopic (exact) mass is 364 g/mol. The fraction of sp³-hybridized carbons (Fsp3) is 0.600. The molecule has 0 saturated heterocycles. The quantitative estimate of drug-likeness (QED) is 0.446. The van der Waals surface area contributed by atoms with Crippen LogP contribution in [-0.4, -0.2) is 17.9 Å². The molecule has 0 aliphatic heterocycles. The van der Waals surface area contributed by atoms with Crippen molar-refractivity contribution in [1.29, 1.82) is 0 Å². The number of nitrogens with zero attached hydrogens (tertiary/aromatic N) is 3. The van der Waals surface area contributed by atoms with Crippen LogP contribution < -0.4 is 21.5 Å². The van der Waals surface area contributed by atoms with Gasteiger partial charge in [0, 0.05) is 0 Å². The number of halogens is 2. The molecule has 1 aromatic heterocycles. The van der Waals surface area contributed by atoms with Crippen LogP contribution in [-0.2, 0) is 6.42 Å². The van der Waals surface area contributed by atoms with E-state index in [1.165, 1.54) is 0 Å². The molecule has 10 heavy (non-hydrogen) atoms. The van der Waals surface area contributed by atoms with Gasteiger partial charge in [0.05, 0.1) is 0 Å². The number of aryl methyl sites for hydroxylation is 1. The molecule has 0 saturated carbocycles. The zero-order valence-electron chi connectivity index (χ0n) is 5.80. The van der Waals surface area contributed by atoms with Gasteiger partial charge in [0.15, 0.2) is 0 Å². The third-order valence-electron chi connectivity index (χ3n) is 1.05. The molecule has 0 aliphatic rings. The fourth-order valence-corrected chi connectivity index (χ4v) is 3.15. The molecule has 1 aromatic rings. The Hall–Kier alpha value is 0.600. The van der Waals surface area contributed by atoms with E-state index in [4.69, 9.17) is 0 Å². The van der Waals surface area contributed by atoms with Crippen LogP contribution >= 0.6 is 22.6 Å². The van der Waals surface area contributed by atoms with E-state index in [9.17, 15) is 0 Å². The topological polar surface area (TPSA) is 30.7 Å². The molecule has 5 heteroatoms.